The standard InChI is InChI=1S/C15H22N4O2/c1-15(2,3)21-14(20)19-5-4-10(9-19)13-17-7-11-6-16-8-12(11)18-13/h7,10,16H,4-6,8-9H2,1-3H3. The molecule has 3 heterocycles. The van der Waals surface area contributed by atoms with E-state index < -0.39 is 5.60 Å². The molecule has 114 valence electrons. The summed E-state index contributed by atoms with van der Waals surface area (Å²) in [5, 5.41) is 3.27. The Morgan fingerprint density at radius 1 is 1.43 bits per heavy atom. The van der Waals surface area contributed by atoms with Crippen molar-refractivity contribution in [3.8, 4) is 0 Å². The Hall–Kier alpha value is -1.69. The fraction of sp³-hybridized carbons (Fsp3) is 0.667. The number of amides is 1. The van der Waals surface area contributed by atoms with Crippen molar-refractivity contribution in [2.75, 3.05) is 13.1 Å². The van der Waals surface area contributed by atoms with Crippen LogP contribution in [0.25, 0.3) is 0 Å². The molecule has 0 bridgehead atoms. The van der Waals surface area contributed by atoms with E-state index in [2.05, 4.69) is 15.3 Å². The van der Waals surface area contributed by atoms with Crippen LogP contribution in [0.5, 0.6) is 0 Å². The van der Waals surface area contributed by atoms with Crippen LogP contribution in [0.4, 0.5) is 4.79 Å². The highest BCUT2D eigenvalue weighted by molar-refractivity contribution is 5.68. The number of ether oxygens (including phenoxy) is 1. The topological polar surface area (TPSA) is 67.3 Å². The van der Waals surface area contributed by atoms with Gasteiger partial charge in [0, 0.05) is 43.9 Å². The Kier molecular flexibility index (Phi) is 3.57. The number of nitrogens with one attached hydrogen (secondary N) is 1. The first-order chi connectivity index (χ1) is 9.92. The summed E-state index contributed by atoms with van der Waals surface area (Å²) >= 11 is 0. The number of nitrogens with zero attached hydrogens (tertiary/aromatic N) is 3. The van der Waals surface area contributed by atoms with Crippen LogP contribution in [0.15, 0.2) is 6.20 Å². The highest BCUT2D eigenvalue weighted by Gasteiger charge is 2.32. The summed E-state index contributed by atoms with van der Waals surface area (Å²) in [4.78, 5) is 23.0. The summed E-state index contributed by atoms with van der Waals surface area (Å²) in [5.41, 5.74) is 1.82. The average Bonchev–Trinajstić information content (AvgIpc) is 3.05. The SMILES string of the molecule is CC(C)(C)OC(=O)N1CCC(c2ncc3c(n2)CNC3)C1. The number of fused-ring (bicyclic) bond motifs is 1. The van der Waals surface area contributed by atoms with Crippen molar-refractivity contribution in [2.45, 2.75) is 51.8 Å². The Bertz CT molecular complexity index is 553. The van der Waals surface area contributed by atoms with Gasteiger partial charge in [-0.3, -0.25) is 0 Å². The Morgan fingerprint density at radius 3 is 3.00 bits per heavy atom. The molecule has 3 rings (SSSR count). The molecule has 2 aliphatic heterocycles. The fourth-order valence-corrected chi connectivity index (χ4v) is 2.73. The van der Waals surface area contributed by atoms with Crippen molar-refractivity contribution in [2.24, 2.45) is 0 Å². The third kappa shape index (κ3) is 3.15. The highest BCUT2D eigenvalue weighted by atomic mass is 16.6. The molecular weight excluding hydrogens is 268 g/mol. The molecule has 1 fully saturated rings. The van der Waals surface area contributed by atoms with Gasteiger partial charge in [0.2, 0.25) is 0 Å². The van der Waals surface area contributed by atoms with E-state index in [9.17, 15) is 4.79 Å². The van der Waals surface area contributed by atoms with Gasteiger partial charge in [-0.15, -0.1) is 0 Å². The Labute approximate surface area is 124 Å². The van der Waals surface area contributed by atoms with Crippen LogP contribution in [0.1, 0.15) is 50.2 Å². The molecule has 1 aromatic rings. The first-order valence-electron chi connectivity index (χ1n) is 7.46. The predicted octanol–water partition coefficient (Wildman–Crippen LogP) is 1.80. The van der Waals surface area contributed by atoms with E-state index in [4.69, 9.17) is 4.74 Å². The molecule has 0 spiro atoms. The fourth-order valence-electron chi connectivity index (χ4n) is 2.73. The van der Waals surface area contributed by atoms with Gasteiger partial charge in [-0.1, -0.05) is 0 Å². The van der Waals surface area contributed by atoms with Gasteiger partial charge in [0.1, 0.15) is 11.4 Å². The van der Waals surface area contributed by atoms with Gasteiger partial charge < -0.3 is 15.0 Å². The number of likely N-dealkylation sites (tertiary alicyclic amines) is 1. The van der Waals surface area contributed by atoms with E-state index in [1.54, 1.807) is 4.90 Å². The number of carbonyl (C=O) groups is 1. The van der Waals surface area contributed by atoms with Crippen LogP contribution in [-0.2, 0) is 17.8 Å². The van der Waals surface area contributed by atoms with Crippen LogP contribution >= 0.6 is 0 Å². The van der Waals surface area contributed by atoms with Crippen LogP contribution in [-0.4, -0.2) is 39.7 Å². The minimum Gasteiger partial charge on any atom is -0.444 e. The number of hydrogen-bond donors (Lipinski definition) is 1. The van der Waals surface area contributed by atoms with Crippen molar-refractivity contribution in [3.05, 3.63) is 23.3 Å². The van der Waals surface area contributed by atoms with Crippen molar-refractivity contribution >= 4 is 6.09 Å². The third-order valence-corrected chi connectivity index (χ3v) is 3.79. The van der Waals surface area contributed by atoms with Crippen molar-refractivity contribution in [1.82, 2.24) is 20.2 Å². The first kappa shape index (κ1) is 14.3. The normalized spacial score (nSPS) is 21.5. The van der Waals surface area contributed by atoms with E-state index in [1.807, 2.05) is 27.0 Å². The van der Waals surface area contributed by atoms with E-state index in [0.717, 1.165) is 31.0 Å². The smallest absolute Gasteiger partial charge is 0.410 e. The highest BCUT2D eigenvalue weighted by Crippen LogP contribution is 2.27. The lowest BCUT2D eigenvalue weighted by Crippen LogP contribution is -2.35. The number of hydrogen-bond acceptors (Lipinski definition) is 5. The van der Waals surface area contributed by atoms with Crippen molar-refractivity contribution in [3.63, 3.8) is 0 Å². The van der Waals surface area contributed by atoms with Crippen LogP contribution in [0.3, 0.4) is 0 Å². The van der Waals surface area contributed by atoms with E-state index >= 15 is 0 Å². The molecule has 6 heteroatoms. The zero-order chi connectivity index (χ0) is 15.0. The maximum absolute atomic E-state index is 12.1. The van der Waals surface area contributed by atoms with Gasteiger partial charge >= 0.3 is 6.09 Å². The quantitative estimate of drug-likeness (QED) is 0.854. The molecule has 1 unspecified atom stereocenters. The average molecular weight is 290 g/mol. The van der Waals surface area contributed by atoms with E-state index in [-0.39, 0.29) is 12.0 Å². The second kappa shape index (κ2) is 5.26. The molecule has 0 saturated carbocycles. The summed E-state index contributed by atoms with van der Waals surface area (Å²) < 4.78 is 5.42. The summed E-state index contributed by atoms with van der Waals surface area (Å²) in [6.07, 6.45) is 2.56. The lowest BCUT2D eigenvalue weighted by atomic mass is 10.1. The van der Waals surface area contributed by atoms with E-state index in [0.29, 0.717) is 13.1 Å². The van der Waals surface area contributed by atoms with Crippen LogP contribution in [0.2, 0.25) is 0 Å². The molecular formula is C15H22N4O2. The molecule has 1 atom stereocenters. The molecule has 0 radical (unpaired) electrons. The molecule has 6 nitrogen and oxygen atoms in total. The number of rotatable bonds is 1. The van der Waals surface area contributed by atoms with Gasteiger partial charge in [-0.2, -0.15) is 0 Å². The molecule has 1 amide bonds. The third-order valence-electron chi connectivity index (χ3n) is 3.79. The summed E-state index contributed by atoms with van der Waals surface area (Å²) in [5.74, 6) is 1.06. The van der Waals surface area contributed by atoms with Crippen molar-refractivity contribution in [1.29, 1.82) is 0 Å². The zero-order valence-corrected chi connectivity index (χ0v) is 12.8. The van der Waals surface area contributed by atoms with Crippen LogP contribution in [0, 0.1) is 0 Å². The first-order valence-corrected chi connectivity index (χ1v) is 7.46. The monoisotopic (exact) mass is 290 g/mol. The van der Waals surface area contributed by atoms with Gasteiger partial charge in [-0.25, -0.2) is 14.8 Å². The van der Waals surface area contributed by atoms with Gasteiger partial charge in [0.05, 0.1) is 5.69 Å². The molecule has 1 aromatic heterocycles. The summed E-state index contributed by atoms with van der Waals surface area (Å²) in [6, 6.07) is 0. The lowest BCUT2D eigenvalue weighted by molar-refractivity contribution is 0.0292. The van der Waals surface area contributed by atoms with Gasteiger partial charge in [0.15, 0.2) is 0 Å². The second-order valence-corrected chi connectivity index (χ2v) is 6.72. The van der Waals surface area contributed by atoms with Gasteiger partial charge in [-0.05, 0) is 27.2 Å². The minimum absolute atomic E-state index is 0.211. The zero-order valence-electron chi connectivity index (χ0n) is 12.8. The van der Waals surface area contributed by atoms with Gasteiger partial charge in [0.25, 0.3) is 0 Å². The summed E-state index contributed by atoms with van der Waals surface area (Å²) in [6.45, 7) is 8.66. The molecule has 0 aromatic carbocycles. The maximum Gasteiger partial charge on any atom is 0.410 e. The molecule has 0 aliphatic carbocycles. The predicted molar refractivity (Wildman–Crippen MR) is 77.7 cm³/mol. The Morgan fingerprint density at radius 2 is 2.24 bits per heavy atom. The second-order valence-electron chi connectivity index (χ2n) is 6.72. The van der Waals surface area contributed by atoms with Crippen molar-refractivity contribution < 1.29 is 9.53 Å². The lowest BCUT2D eigenvalue weighted by Gasteiger charge is -2.24. The number of aromatic nitrogens is 2. The number of carbonyl (C=O) groups excluding carboxylic acids is 1. The molecule has 2 aliphatic rings. The maximum atomic E-state index is 12.1. The molecule has 21 heavy (non-hydrogen) atoms. The van der Waals surface area contributed by atoms with E-state index in [1.165, 1.54) is 5.56 Å². The van der Waals surface area contributed by atoms with Crippen LogP contribution < -0.4 is 5.32 Å². The minimum atomic E-state index is -0.453. The summed E-state index contributed by atoms with van der Waals surface area (Å²) in [7, 11) is 0. The Balaban J connectivity index is 1.66. The molecule has 1 N–H and O–H groups in total. The molecule has 1 saturated heterocycles. The largest absolute Gasteiger partial charge is 0.444 e.